The third-order valence-corrected chi connectivity index (χ3v) is 9.68. The van der Waals surface area contributed by atoms with Crippen LogP contribution < -0.4 is 4.74 Å². The first-order valence-electron chi connectivity index (χ1n) is 13.4. The zero-order chi connectivity index (χ0) is 27.8. The fourth-order valence-corrected chi connectivity index (χ4v) is 6.93. The fourth-order valence-electron chi connectivity index (χ4n) is 5.50. The van der Waals surface area contributed by atoms with Gasteiger partial charge in [-0.2, -0.15) is 0 Å². The number of piperidine rings is 1. The van der Waals surface area contributed by atoms with Crippen LogP contribution >= 0.6 is 35.0 Å². The number of methoxy groups -OCH3 is 1. The Kier molecular flexibility index (Phi) is 11.1. The molecule has 0 saturated carbocycles. The number of likely N-dealkylation sites (tertiary alicyclic amines) is 1. The molecular weight excluding hydrogens is 558 g/mol. The molecule has 0 spiro atoms. The minimum absolute atomic E-state index is 0.145. The fraction of sp³-hybridized carbons (Fsp3) is 0.467. The van der Waals surface area contributed by atoms with Gasteiger partial charge in [-0.3, -0.25) is 9.78 Å². The molecule has 0 radical (unpaired) electrons. The summed E-state index contributed by atoms with van der Waals surface area (Å²) in [5.41, 5.74) is 1.38. The van der Waals surface area contributed by atoms with E-state index in [1.807, 2.05) is 30.3 Å². The Labute approximate surface area is 244 Å². The molecule has 2 unspecified atom stereocenters. The lowest BCUT2D eigenvalue weighted by Gasteiger charge is -2.39. The minimum Gasteiger partial charge on any atom is -0.497 e. The highest BCUT2D eigenvalue weighted by atomic mass is 35.5. The second kappa shape index (κ2) is 14.5. The maximum Gasteiger partial charge on any atom is 0.303 e. The van der Waals surface area contributed by atoms with Gasteiger partial charge in [0.05, 0.1) is 22.7 Å². The van der Waals surface area contributed by atoms with Crippen molar-refractivity contribution in [3.05, 3.63) is 64.3 Å². The number of fused-ring (bicyclic) bond motifs is 1. The molecule has 3 atom stereocenters. The molecule has 1 saturated heterocycles. The predicted molar refractivity (Wildman–Crippen MR) is 158 cm³/mol. The number of alkyl halides is 1. The van der Waals surface area contributed by atoms with Gasteiger partial charge >= 0.3 is 5.97 Å². The van der Waals surface area contributed by atoms with Crippen molar-refractivity contribution >= 4 is 51.8 Å². The smallest absolute Gasteiger partial charge is 0.303 e. The Balaban J connectivity index is 1.32. The van der Waals surface area contributed by atoms with E-state index in [1.165, 1.54) is 0 Å². The van der Waals surface area contributed by atoms with Crippen LogP contribution in [0.3, 0.4) is 0 Å². The van der Waals surface area contributed by atoms with Crippen molar-refractivity contribution < 1.29 is 19.0 Å². The van der Waals surface area contributed by atoms with E-state index < -0.39 is 12.1 Å². The van der Waals surface area contributed by atoms with E-state index >= 15 is 4.39 Å². The molecule has 1 N–H and O–H groups in total. The molecule has 39 heavy (non-hydrogen) atoms. The maximum absolute atomic E-state index is 15.6. The molecule has 2 aromatic carbocycles. The number of benzene rings is 2. The van der Waals surface area contributed by atoms with Gasteiger partial charge in [-0.05, 0) is 105 Å². The SMILES string of the molecule is COc1ccc2nccc([C@@H](F)CCC3CCN(CCCSc4cccc(Cl)c4Cl)CC3CCC(=O)O)c2c1. The van der Waals surface area contributed by atoms with Crippen LogP contribution in [-0.4, -0.2) is 53.5 Å². The number of hydrogen-bond donors (Lipinski definition) is 1. The van der Waals surface area contributed by atoms with Crippen molar-refractivity contribution in [1.29, 1.82) is 0 Å². The van der Waals surface area contributed by atoms with E-state index in [4.69, 9.17) is 27.9 Å². The van der Waals surface area contributed by atoms with Gasteiger partial charge < -0.3 is 14.7 Å². The summed E-state index contributed by atoms with van der Waals surface area (Å²) in [4.78, 5) is 19.1. The number of aromatic nitrogens is 1. The van der Waals surface area contributed by atoms with Crippen molar-refractivity contribution in [2.45, 2.75) is 49.6 Å². The monoisotopic (exact) mass is 592 g/mol. The molecule has 3 aromatic rings. The van der Waals surface area contributed by atoms with Crippen LogP contribution in [0.4, 0.5) is 4.39 Å². The Morgan fingerprint density at radius 1 is 1.23 bits per heavy atom. The summed E-state index contributed by atoms with van der Waals surface area (Å²) in [7, 11) is 1.60. The third kappa shape index (κ3) is 8.23. The zero-order valence-corrected chi connectivity index (χ0v) is 24.5. The molecule has 5 nitrogen and oxygen atoms in total. The highest BCUT2D eigenvalue weighted by molar-refractivity contribution is 7.99. The molecule has 1 fully saturated rings. The second-order valence-electron chi connectivity index (χ2n) is 10.1. The lowest BCUT2D eigenvalue weighted by atomic mass is 9.79. The van der Waals surface area contributed by atoms with Gasteiger partial charge in [0, 0.05) is 29.4 Å². The highest BCUT2D eigenvalue weighted by Crippen LogP contribution is 2.37. The van der Waals surface area contributed by atoms with E-state index in [0.29, 0.717) is 40.1 Å². The number of carbonyl (C=O) groups is 1. The normalized spacial score (nSPS) is 18.8. The number of nitrogens with zero attached hydrogens (tertiary/aromatic N) is 2. The van der Waals surface area contributed by atoms with Gasteiger partial charge in [0.1, 0.15) is 11.9 Å². The van der Waals surface area contributed by atoms with Crippen LogP contribution in [0.25, 0.3) is 10.9 Å². The quantitative estimate of drug-likeness (QED) is 0.159. The summed E-state index contributed by atoms with van der Waals surface area (Å²) in [6.07, 6.45) is 4.39. The molecule has 9 heteroatoms. The van der Waals surface area contributed by atoms with Gasteiger partial charge in [0.2, 0.25) is 0 Å². The summed E-state index contributed by atoms with van der Waals surface area (Å²) in [6, 6.07) is 13.0. The lowest BCUT2D eigenvalue weighted by molar-refractivity contribution is -0.137. The number of carboxylic acid groups (broad SMARTS) is 1. The molecule has 0 bridgehead atoms. The maximum atomic E-state index is 15.6. The zero-order valence-electron chi connectivity index (χ0n) is 22.1. The minimum atomic E-state index is -1.11. The Morgan fingerprint density at radius 2 is 2.08 bits per heavy atom. The van der Waals surface area contributed by atoms with Gasteiger partial charge in [0.25, 0.3) is 0 Å². The molecule has 1 aromatic heterocycles. The number of pyridine rings is 1. The molecule has 210 valence electrons. The van der Waals surface area contributed by atoms with Crippen LogP contribution in [0, 0.1) is 11.8 Å². The molecule has 0 amide bonds. The molecule has 2 heterocycles. The standard InChI is InChI=1S/C30H35Cl2FN2O3S/c1-38-22-8-10-27-24(18-22)23(12-14-34-27)26(33)9-6-20-13-16-35(19-21(20)7-11-29(36)37)15-3-17-39-28-5-2-4-25(31)30(28)32/h2,4-5,8,10,12,14,18,20-21,26H,3,6-7,9,11,13,15-17,19H2,1H3,(H,36,37)/t20?,21?,26-/m0/s1. The molecule has 1 aliphatic rings. The Hall–Kier alpha value is -2.06. The summed E-state index contributed by atoms with van der Waals surface area (Å²) < 4.78 is 20.9. The van der Waals surface area contributed by atoms with Crippen LogP contribution in [0.2, 0.25) is 10.0 Å². The van der Waals surface area contributed by atoms with Crippen LogP contribution in [0.5, 0.6) is 5.75 Å². The number of hydrogen-bond acceptors (Lipinski definition) is 5. The average Bonchev–Trinajstić information content (AvgIpc) is 2.94. The first-order valence-corrected chi connectivity index (χ1v) is 15.2. The predicted octanol–water partition coefficient (Wildman–Crippen LogP) is 8.33. The Bertz CT molecular complexity index is 1260. The van der Waals surface area contributed by atoms with Gasteiger partial charge in [-0.1, -0.05) is 29.3 Å². The van der Waals surface area contributed by atoms with E-state index in [2.05, 4.69) is 9.88 Å². The number of thioether (sulfide) groups is 1. The lowest BCUT2D eigenvalue weighted by Crippen LogP contribution is -2.41. The van der Waals surface area contributed by atoms with Crippen molar-refractivity contribution in [3.63, 3.8) is 0 Å². The topological polar surface area (TPSA) is 62.7 Å². The highest BCUT2D eigenvalue weighted by Gasteiger charge is 2.30. The van der Waals surface area contributed by atoms with Crippen LogP contribution in [0.15, 0.2) is 53.6 Å². The van der Waals surface area contributed by atoms with Crippen LogP contribution in [-0.2, 0) is 4.79 Å². The van der Waals surface area contributed by atoms with Gasteiger partial charge in [-0.15, -0.1) is 11.8 Å². The molecular formula is C30H35Cl2FN2O3S. The van der Waals surface area contributed by atoms with E-state index in [9.17, 15) is 9.90 Å². The van der Waals surface area contributed by atoms with Crippen molar-refractivity contribution in [1.82, 2.24) is 9.88 Å². The van der Waals surface area contributed by atoms with Gasteiger partial charge in [0.15, 0.2) is 0 Å². The first kappa shape index (κ1) is 29.9. The van der Waals surface area contributed by atoms with Crippen molar-refractivity contribution in [3.8, 4) is 5.75 Å². The summed E-state index contributed by atoms with van der Waals surface area (Å²) in [5.74, 6) is 1.38. The molecule has 1 aliphatic heterocycles. The first-order chi connectivity index (χ1) is 18.9. The number of rotatable bonds is 13. The third-order valence-electron chi connectivity index (χ3n) is 7.61. The largest absolute Gasteiger partial charge is 0.497 e. The van der Waals surface area contributed by atoms with Crippen LogP contribution in [0.1, 0.15) is 50.3 Å². The average molecular weight is 594 g/mol. The van der Waals surface area contributed by atoms with Crippen molar-refractivity contribution in [2.24, 2.45) is 11.8 Å². The summed E-state index contributed by atoms with van der Waals surface area (Å²) in [6.45, 7) is 2.74. The van der Waals surface area contributed by atoms with E-state index in [1.54, 1.807) is 37.2 Å². The van der Waals surface area contributed by atoms with E-state index in [0.717, 1.165) is 60.4 Å². The molecule has 4 rings (SSSR count). The van der Waals surface area contributed by atoms with Gasteiger partial charge in [-0.25, -0.2) is 4.39 Å². The number of ether oxygens (including phenoxy) is 1. The van der Waals surface area contributed by atoms with E-state index in [-0.39, 0.29) is 12.3 Å². The number of halogens is 3. The number of carboxylic acids is 1. The Morgan fingerprint density at radius 3 is 2.87 bits per heavy atom. The van der Waals surface area contributed by atoms with Crippen molar-refractivity contribution in [2.75, 3.05) is 32.5 Å². The molecule has 0 aliphatic carbocycles. The number of aliphatic carboxylic acids is 1. The second-order valence-corrected chi connectivity index (χ2v) is 12.0. The summed E-state index contributed by atoms with van der Waals surface area (Å²) in [5, 5.41) is 11.3. The summed E-state index contributed by atoms with van der Waals surface area (Å²) >= 11 is 14.1.